The lowest BCUT2D eigenvalue weighted by Gasteiger charge is -2.32. The smallest absolute Gasteiger partial charge is 0.314 e. The zero-order chi connectivity index (χ0) is 24.8. The fraction of sp³-hybridized carbons (Fsp3) is 0.417. The van der Waals surface area contributed by atoms with E-state index < -0.39 is 22.3 Å². The maximum absolute atomic E-state index is 13.4. The molecule has 1 saturated heterocycles. The van der Waals surface area contributed by atoms with Crippen LogP contribution < -0.4 is 4.31 Å². The van der Waals surface area contributed by atoms with Gasteiger partial charge in [0.25, 0.3) is 5.89 Å². The number of aromatic nitrogens is 2. The lowest BCUT2D eigenvalue weighted by Crippen LogP contribution is -2.42. The molecule has 1 aromatic heterocycles. The van der Waals surface area contributed by atoms with Gasteiger partial charge >= 0.3 is 6.43 Å². The molecule has 8 nitrogen and oxygen atoms in total. The van der Waals surface area contributed by atoms with Crippen molar-refractivity contribution in [2.45, 2.75) is 25.8 Å². The molecule has 35 heavy (non-hydrogen) atoms. The first-order valence-corrected chi connectivity index (χ1v) is 13.1. The lowest BCUT2D eigenvalue weighted by atomic mass is 9.99. The summed E-state index contributed by atoms with van der Waals surface area (Å²) in [5, 5.41) is 16.4. The number of likely N-dealkylation sites (tertiary alicyclic amines) is 1. The molecule has 1 unspecified atom stereocenters. The van der Waals surface area contributed by atoms with E-state index in [0.29, 0.717) is 29.9 Å². The van der Waals surface area contributed by atoms with Gasteiger partial charge < -0.3 is 14.4 Å². The summed E-state index contributed by atoms with van der Waals surface area (Å²) in [7, 11) is -3.66. The Balaban J connectivity index is 1.49. The molecule has 2 heterocycles. The highest BCUT2D eigenvalue weighted by molar-refractivity contribution is 7.92. The largest absolute Gasteiger partial charge is 0.415 e. The van der Waals surface area contributed by atoms with Gasteiger partial charge in [-0.25, -0.2) is 8.42 Å². The Labute approximate surface area is 203 Å². The fourth-order valence-corrected chi connectivity index (χ4v) is 5.66. The Morgan fingerprint density at radius 2 is 1.86 bits per heavy atom. The average molecular weight is 507 g/mol. The van der Waals surface area contributed by atoms with E-state index >= 15 is 0 Å². The number of aliphatic hydroxyl groups is 1. The van der Waals surface area contributed by atoms with Gasteiger partial charge in [-0.1, -0.05) is 30.3 Å². The predicted octanol–water partition coefficient (Wildman–Crippen LogP) is 3.71. The Bertz CT molecular complexity index is 1190. The van der Waals surface area contributed by atoms with Crippen LogP contribution in [0.2, 0.25) is 0 Å². The summed E-state index contributed by atoms with van der Waals surface area (Å²) in [6.07, 6.45) is -0.947. The van der Waals surface area contributed by atoms with Crippen molar-refractivity contribution < 1.29 is 26.7 Å². The van der Waals surface area contributed by atoms with Crippen LogP contribution in [0.1, 0.15) is 30.7 Å². The number of para-hydroxylation sites is 1. The molecule has 0 radical (unpaired) electrons. The topological polar surface area (TPSA) is 99.8 Å². The molecule has 11 heteroatoms. The van der Waals surface area contributed by atoms with Gasteiger partial charge in [-0.05, 0) is 55.1 Å². The number of sulfonamides is 1. The van der Waals surface area contributed by atoms with E-state index in [1.165, 1.54) is 4.31 Å². The first kappa shape index (κ1) is 25.2. The molecule has 0 saturated carbocycles. The second-order valence-corrected chi connectivity index (χ2v) is 10.6. The van der Waals surface area contributed by atoms with Gasteiger partial charge in [0, 0.05) is 25.3 Å². The maximum Gasteiger partial charge on any atom is 0.314 e. The van der Waals surface area contributed by atoms with Crippen molar-refractivity contribution >= 4 is 15.7 Å². The van der Waals surface area contributed by atoms with E-state index in [0.717, 1.165) is 19.4 Å². The monoisotopic (exact) mass is 506 g/mol. The summed E-state index contributed by atoms with van der Waals surface area (Å²) >= 11 is 0. The van der Waals surface area contributed by atoms with Crippen LogP contribution >= 0.6 is 0 Å². The number of benzene rings is 2. The molecule has 3 aromatic rings. The van der Waals surface area contributed by atoms with Crippen molar-refractivity contribution in [3.63, 3.8) is 0 Å². The molecule has 1 N–H and O–H groups in total. The normalized spacial score (nSPS) is 17.1. The van der Waals surface area contributed by atoms with Crippen molar-refractivity contribution in [1.82, 2.24) is 15.1 Å². The highest BCUT2D eigenvalue weighted by atomic mass is 32.2. The summed E-state index contributed by atoms with van der Waals surface area (Å²) in [6.45, 7) is 2.13. The molecule has 1 aliphatic rings. The molecule has 0 spiro atoms. The van der Waals surface area contributed by atoms with Gasteiger partial charge in [-0.3, -0.25) is 4.31 Å². The maximum atomic E-state index is 13.4. The van der Waals surface area contributed by atoms with Crippen molar-refractivity contribution in [3.8, 4) is 11.5 Å². The van der Waals surface area contributed by atoms with E-state index in [2.05, 4.69) is 15.1 Å². The summed E-state index contributed by atoms with van der Waals surface area (Å²) in [4.78, 5) is 2.10. The third kappa shape index (κ3) is 6.41. The first-order chi connectivity index (χ1) is 16.9. The zero-order valence-electron chi connectivity index (χ0n) is 19.1. The van der Waals surface area contributed by atoms with Gasteiger partial charge in [-0.2, -0.15) is 8.78 Å². The van der Waals surface area contributed by atoms with Crippen molar-refractivity contribution in [3.05, 3.63) is 66.1 Å². The van der Waals surface area contributed by atoms with Gasteiger partial charge in [0.2, 0.25) is 15.9 Å². The molecular weight excluding hydrogens is 478 g/mol. The highest BCUT2D eigenvalue weighted by Crippen LogP contribution is 2.26. The van der Waals surface area contributed by atoms with E-state index in [4.69, 9.17) is 4.42 Å². The van der Waals surface area contributed by atoms with Crippen LogP contribution in [0.15, 0.2) is 59.0 Å². The van der Waals surface area contributed by atoms with Crippen molar-refractivity contribution in [2.75, 3.05) is 36.3 Å². The quantitative estimate of drug-likeness (QED) is 0.447. The fourth-order valence-electron chi connectivity index (χ4n) is 4.16. The van der Waals surface area contributed by atoms with Gasteiger partial charge in [0.1, 0.15) is 0 Å². The van der Waals surface area contributed by atoms with E-state index in [1.807, 2.05) is 6.07 Å². The zero-order valence-corrected chi connectivity index (χ0v) is 19.9. The van der Waals surface area contributed by atoms with Crippen LogP contribution in [0.4, 0.5) is 14.5 Å². The van der Waals surface area contributed by atoms with E-state index in [9.17, 15) is 22.3 Å². The molecule has 0 aliphatic carbocycles. The summed E-state index contributed by atoms with van der Waals surface area (Å²) in [6, 6.07) is 15.6. The average Bonchev–Trinajstić information content (AvgIpc) is 3.38. The number of hydrogen-bond donors (Lipinski definition) is 1. The van der Waals surface area contributed by atoms with Gasteiger partial charge in [0.05, 0.1) is 18.0 Å². The number of piperidine rings is 1. The minimum absolute atomic E-state index is 0.0258. The molecule has 188 valence electrons. The second kappa shape index (κ2) is 11.2. The van der Waals surface area contributed by atoms with Crippen LogP contribution in [-0.2, 0) is 16.6 Å². The minimum atomic E-state index is -3.66. The summed E-state index contributed by atoms with van der Waals surface area (Å²) in [5.41, 5.74) is 1.74. The number of hydrogen-bond acceptors (Lipinski definition) is 7. The number of aliphatic hydroxyl groups excluding tert-OH is 1. The molecule has 0 bridgehead atoms. The van der Waals surface area contributed by atoms with Crippen LogP contribution in [0.3, 0.4) is 0 Å². The molecule has 4 rings (SSSR count). The second-order valence-electron chi connectivity index (χ2n) is 8.59. The van der Waals surface area contributed by atoms with Crippen LogP contribution in [0.25, 0.3) is 11.5 Å². The number of halogens is 2. The Morgan fingerprint density at radius 1 is 1.11 bits per heavy atom. The molecule has 0 amide bonds. The highest BCUT2D eigenvalue weighted by Gasteiger charge is 2.26. The molecule has 1 atom stereocenters. The third-order valence-electron chi connectivity index (χ3n) is 6.06. The predicted molar refractivity (Wildman–Crippen MR) is 127 cm³/mol. The van der Waals surface area contributed by atoms with Crippen molar-refractivity contribution in [1.29, 1.82) is 0 Å². The Morgan fingerprint density at radius 3 is 2.51 bits per heavy atom. The van der Waals surface area contributed by atoms with Gasteiger partial charge in [-0.15, -0.1) is 10.2 Å². The van der Waals surface area contributed by atoms with Crippen molar-refractivity contribution in [2.24, 2.45) is 5.92 Å². The number of nitrogens with zero attached hydrogens (tertiary/aromatic N) is 4. The SMILES string of the molecule is O=S(=O)(CCN1CCCC(CO)C1)N(Cc1ccc(-c2nnc(C(F)F)o2)cc1)c1ccccc1. The number of rotatable bonds is 10. The Hall–Kier alpha value is -2.89. The molecule has 2 aromatic carbocycles. The molecule has 1 aliphatic heterocycles. The van der Waals surface area contributed by atoms with E-state index in [-0.39, 0.29) is 30.7 Å². The van der Waals surface area contributed by atoms with Gasteiger partial charge in [0.15, 0.2) is 0 Å². The minimum Gasteiger partial charge on any atom is -0.415 e. The number of anilines is 1. The molecule has 1 fully saturated rings. The first-order valence-electron chi connectivity index (χ1n) is 11.5. The third-order valence-corrected chi connectivity index (χ3v) is 7.77. The van der Waals surface area contributed by atoms with Crippen LogP contribution in [0.5, 0.6) is 0 Å². The summed E-state index contributed by atoms with van der Waals surface area (Å²) < 4.78 is 58.7. The Kier molecular flexibility index (Phi) is 8.09. The summed E-state index contributed by atoms with van der Waals surface area (Å²) in [5.74, 6) is -0.631. The molecular formula is C24H28F2N4O4S. The van der Waals surface area contributed by atoms with Crippen LogP contribution in [0, 0.1) is 5.92 Å². The number of alkyl halides is 2. The standard InChI is InChI=1S/C24H28F2N4O4S/c25-22(26)24-28-27-23(34-24)20-10-8-18(9-11-20)16-30(21-6-2-1-3-7-21)35(32,33)14-13-29-12-4-5-19(15-29)17-31/h1-3,6-11,19,22,31H,4-5,12-17H2. The van der Waals surface area contributed by atoms with E-state index in [1.54, 1.807) is 48.5 Å². The lowest BCUT2D eigenvalue weighted by molar-refractivity contribution is 0.116. The van der Waals surface area contributed by atoms with Crippen LogP contribution in [-0.4, -0.2) is 60.6 Å².